The SMILES string of the molecule is CSc1ccc(C2C(C(=O)OC(C)C)=C(C)N=c3s/c(=C4\C(=O)N(C)c5ccccc54)c(=O)n32)cc1. The minimum absolute atomic E-state index is 0.238. The summed E-state index contributed by atoms with van der Waals surface area (Å²) in [6.07, 6.45) is 1.66. The number of nitrogens with zero attached hydrogens (tertiary/aromatic N) is 3. The molecule has 1 amide bonds. The molecular weight excluding hydrogens is 494 g/mol. The Balaban J connectivity index is 1.80. The number of hydrogen-bond acceptors (Lipinski definition) is 7. The molecule has 1 unspecified atom stereocenters. The van der Waals surface area contributed by atoms with E-state index >= 15 is 0 Å². The maximum absolute atomic E-state index is 14.0. The van der Waals surface area contributed by atoms with Gasteiger partial charge in [0.15, 0.2) is 4.80 Å². The van der Waals surface area contributed by atoms with E-state index in [4.69, 9.17) is 4.74 Å². The van der Waals surface area contributed by atoms with Crippen LogP contribution in [0.15, 0.2) is 74.5 Å². The Kier molecular flexibility index (Phi) is 6.22. The van der Waals surface area contributed by atoms with Gasteiger partial charge in [-0.25, -0.2) is 9.79 Å². The highest BCUT2D eigenvalue weighted by atomic mass is 32.2. The number of anilines is 1. The van der Waals surface area contributed by atoms with Gasteiger partial charge in [-0.1, -0.05) is 41.7 Å². The van der Waals surface area contributed by atoms with Gasteiger partial charge in [0.25, 0.3) is 11.5 Å². The summed E-state index contributed by atoms with van der Waals surface area (Å²) in [5.41, 5.74) is 3.06. The molecule has 184 valence electrons. The molecule has 9 heteroatoms. The monoisotopic (exact) mass is 519 g/mol. The van der Waals surface area contributed by atoms with Gasteiger partial charge in [0.2, 0.25) is 0 Å². The number of aromatic nitrogens is 1. The van der Waals surface area contributed by atoms with Crippen molar-refractivity contribution in [2.45, 2.75) is 37.8 Å². The van der Waals surface area contributed by atoms with Crippen molar-refractivity contribution in [1.29, 1.82) is 0 Å². The number of hydrogen-bond donors (Lipinski definition) is 0. The minimum Gasteiger partial charge on any atom is -0.459 e. The lowest BCUT2D eigenvalue weighted by atomic mass is 9.96. The third kappa shape index (κ3) is 3.83. The van der Waals surface area contributed by atoms with Gasteiger partial charge >= 0.3 is 5.97 Å². The first-order valence-corrected chi connectivity index (χ1v) is 13.5. The second-order valence-electron chi connectivity index (χ2n) is 8.89. The van der Waals surface area contributed by atoms with Crippen LogP contribution in [0.5, 0.6) is 0 Å². The zero-order chi connectivity index (χ0) is 25.7. The van der Waals surface area contributed by atoms with E-state index in [1.807, 2.05) is 54.8 Å². The highest BCUT2D eigenvalue weighted by Crippen LogP contribution is 2.35. The van der Waals surface area contributed by atoms with Gasteiger partial charge in [0.05, 0.1) is 34.7 Å². The molecule has 0 saturated carbocycles. The Morgan fingerprint density at radius 3 is 2.47 bits per heavy atom. The van der Waals surface area contributed by atoms with Crippen LogP contribution >= 0.6 is 23.1 Å². The summed E-state index contributed by atoms with van der Waals surface area (Å²) in [5.74, 6) is -0.748. The number of rotatable bonds is 4. The van der Waals surface area contributed by atoms with Crippen molar-refractivity contribution in [3.05, 3.63) is 90.6 Å². The molecule has 36 heavy (non-hydrogen) atoms. The van der Waals surface area contributed by atoms with Gasteiger partial charge in [-0.15, -0.1) is 11.8 Å². The molecule has 0 spiro atoms. The molecule has 0 radical (unpaired) electrons. The van der Waals surface area contributed by atoms with Crippen LogP contribution in [0, 0.1) is 0 Å². The zero-order valence-electron chi connectivity index (χ0n) is 20.6. The van der Waals surface area contributed by atoms with E-state index in [0.29, 0.717) is 31.7 Å². The molecule has 2 aromatic carbocycles. The molecule has 5 rings (SSSR count). The number of thioether (sulfide) groups is 1. The highest BCUT2D eigenvalue weighted by molar-refractivity contribution is 7.98. The van der Waals surface area contributed by atoms with Crippen molar-refractivity contribution in [2.24, 2.45) is 4.99 Å². The predicted molar refractivity (Wildman–Crippen MR) is 142 cm³/mol. The van der Waals surface area contributed by atoms with E-state index in [1.165, 1.54) is 15.9 Å². The van der Waals surface area contributed by atoms with Gasteiger partial charge in [-0.2, -0.15) is 0 Å². The van der Waals surface area contributed by atoms with E-state index in [-0.39, 0.29) is 17.6 Å². The molecule has 0 saturated heterocycles. The van der Waals surface area contributed by atoms with E-state index in [2.05, 4.69) is 4.99 Å². The van der Waals surface area contributed by atoms with Gasteiger partial charge in [-0.05, 0) is 50.8 Å². The van der Waals surface area contributed by atoms with Crippen molar-refractivity contribution in [3.63, 3.8) is 0 Å². The summed E-state index contributed by atoms with van der Waals surface area (Å²) in [6.45, 7) is 5.32. The summed E-state index contributed by atoms with van der Waals surface area (Å²) < 4.78 is 7.40. The molecule has 7 nitrogen and oxygen atoms in total. The zero-order valence-corrected chi connectivity index (χ0v) is 22.2. The predicted octanol–water partition coefficient (Wildman–Crippen LogP) is 3.26. The van der Waals surface area contributed by atoms with Crippen LogP contribution in [-0.4, -0.2) is 35.9 Å². The van der Waals surface area contributed by atoms with Crippen molar-refractivity contribution in [1.82, 2.24) is 4.57 Å². The second kappa shape index (κ2) is 9.22. The van der Waals surface area contributed by atoms with Gasteiger partial charge in [0, 0.05) is 17.5 Å². The molecule has 2 aliphatic heterocycles. The average molecular weight is 520 g/mol. The number of benzene rings is 2. The lowest BCUT2D eigenvalue weighted by Crippen LogP contribution is -2.41. The lowest BCUT2D eigenvalue weighted by molar-refractivity contribution is -0.143. The number of amides is 1. The Morgan fingerprint density at radius 1 is 1.11 bits per heavy atom. The number of ether oxygens (including phenoxy) is 1. The Hall–Kier alpha value is -3.43. The van der Waals surface area contributed by atoms with Gasteiger partial charge in [0.1, 0.15) is 4.53 Å². The fraction of sp³-hybridized carbons (Fsp3) is 0.259. The molecule has 0 N–H and O–H groups in total. The number of esters is 1. The number of fused-ring (bicyclic) bond motifs is 2. The van der Waals surface area contributed by atoms with E-state index < -0.39 is 12.0 Å². The lowest BCUT2D eigenvalue weighted by Gasteiger charge is -2.25. The van der Waals surface area contributed by atoms with Gasteiger partial charge in [-0.3, -0.25) is 14.2 Å². The van der Waals surface area contributed by atoms with Crippen molar-refractivity contribution in [3.8, 4) is 0 Å². The summed E-state index contributed by atoms with van der Waals surface area (Å²) in [7, 11) is 1.70. The van der Waals surface area contributed by atoms with Crippen molar-refractivity contribution in [2.75, 3.05) is 18.2 Å². The molecule has 2 aliphatic rings. The number of allylic oxidation sites excluding steroid dienone is 1. The highest BCUT2D eigenvalue weighted by Gasteiger charge is 2.36. The normalized spacial score (nSPS) is 18.3. The first kappa shape index (κ1) is 24.3. The largest absolute Gasteiger partial charge is 0.459 e. The van der Waals surface area contributed by atoms with Crippen LogP contribution in [0.3, 0.4) is 0 Å². The molecule has 1 atom stereocenters. The molecular formula is C27H25N3O4S2. The van der Waals surface area contributed by atoms with Crippen LogP contribution in [0.1, 0.15) is 37.9 Å². The summed E-state index contributed by atoms with van der Waals surface area (Å²) >= 11 is 2.78. The number of para-hydroxylation sites is 1. The third-order valence-electron chi connectivity index (χ3n) is 6.27. The third-order valence-corrected chi connectivity index (χ3v) is 8.07. The fourth-order valence-electron chi connectivity index (χ4n) is 4.60. The first-order valence-electron chi connectivity index (χ1n) is 11.5. The number of carbonyl (C=O) groups excluding carboxylic acids is 2. The summed E-state index contributed by atoms with van der Waals surface area (Å²) in [4.78, 5) is 48.2. The molecule has 0 bridgehead atoms. The molecule has 3 heterocycles. The first-order chi connectivity index (χ1) is 17.2. The maximum atomic E-state index is 14.0. The van der Waals surface area contributed by atoms with Crippen LogP contribution in [-0.2, 0) is 14.3 Å². The molecule has 0 aliphatic carbocycles. The average Bonchev–Trinajstić information content (AvgIpc) is 3.30. The van der Waals surface area contributed by atoms with Crippen LogP contribution in [0.25, 0.3) is 5.57 Å². The van der Waals surface area contributed by atoms with Crippen LogP contribution in [0.4, 0.5) is 5.69 Å². The van der Waals surface area contributed by atoms with E-state index in [1.54, 1.807) is 44.5 Å². The second-order valence-corrected chi connectivity index (χ2v) is 10.7. The minimum atomic E-state index is -0.720. The van der Waals surface area contributed by atoms with E-state index in [0.717, 1.165) is 16.1 Å². The Morgan fingerprint density at radius 2 is 1.81 bits per heavy atom. The maximum Gasteiger partial charge on any atom is 0.338 e. The Bertz CT molecular complexity index is 1610. The molecule has 3 aromatic rings. The standard InChI is InChI=1S/C27H25N3O4S2/c1-14(2)34-26(33)20-15(3)28-27-30(22(20)16-10-12-17(35-5)13-11-16)25(32)23(36-27)21-18-8-6-7-9-19(18)29(4)24(21)31/h6-14,22H,1-5H3/b23-21-. The number of thiazole rings is 1. The smallest absolute Gasteiger partial charge is 0.338 e. The molecule has 0 fully saturated rings. The van der Waals surface area contributed by atoms with Crippen molar-refractivity contribution >= 4 is 46.2 Å². The Labute approximate surface area is 216 Å². The summed E-state index contributed by atoms with van der Waals surface area (Å²) in [6, 6.07) is 14.5. The van der Waals surface area contributed by atoms with Crippen LogP contribution < -0.4 is 19.8 Å². The van der Waals surface area contributed by atoms with Gasteiger partial charge < -0.3 is 9.64 Å². The number of likely N-dealkylation sites (N-methyl/N-ethyl adjacent to an activating group) is 1. The summed E-state index contributed by atoms with van der Waals surface area (Å²) in [5, 5.41) is 0. The number of carbonyl (C=O) groups is 2. The van der Waals surface area contributed by atoms with Crippen molar-refractivity contribution < 1.29 is 14.3 Å². The quantitative estimate of drug-likeness (QED) is 0.391. The fourth-order valence-corrected chi connectivity index (χ4v) is 6.15. The topological polar surface area (TPSA) is 81.0 Å². The van der Waals surface area contributed by atoms with E-state index in [9.17, 15) is 14.4 Å². The molecule has 1 aromatic heterocycles. The van der Waals surface area contributed by atoms with Crippen LogP contribution in [0.2, 0.25) is 0 Å².